The number of carbonyl (C=O) groups excluding carboxylic acids is 1. The molecule has 0 aromatic heterocycles. The summed E-state index contributed by atoms with van der Waals surface area (Å²) in [7, 11) is 1.60. The Morgan fingerprint density at radius 1 is 1.44 bits per heavy atom. The molecule has 0 spiro atoms. The summed E-state index contributed by atoms with van der Waals surface area (Å²) in [4.78, 5) is 22.7. The largest absolute Gasteiger partial charge is 0.478 e. The number of benzene rings is 1. The van der Waals surface area contributed by atoms with Crippen molar-refractivity contribution in [1.82, 2.24) is 5.32 Å². The van der Waals surface area contributed by atoms with Crippen LogP contribution >= 0.6 is 23.4 Å². The van der Waals surface area contributed by atoms with Crippen molar-refractivity contribution in [1.29, 1.82) is 0 Å². The molecule has 0 aliphatic heterocycles. The average Bonchev–Trinajstić information content (AvgIpc) is 2.35. The minimum absolute atomic E-state index is 0.0120. The maximum atomic E-state index is 11.0. The molecule has 0 aliphatic rings. The van der Waals surface area contributed by atoms with Gasteiger partial charge >= 0.3 is 5.97 Å². The molecular weight excluding hydrogens is 274 g/mol. The fraction of sp³-hybridized carbons (Fsp3) is 0.333. The summed E-state index contributed by atoms with van der Waals surface area (Å²) in [6.45, 7) is 0. The third-order valence-electron chi connectivity index (χ3n) is 2.26. The van der Waals surface area contributed by atoms with Crippen molar-refractivity contribution in [3.8, 4) is 0 Å². The summed E-state index contributed by atoms with van der Waals surface area (Å²) in [6, 6.07) is 4.90. The summed E-state index contributed by atoms with van der Waals surface area (Å²) in [5.41, 5.74) is 0.105. The van der Waals surface area contributed by atoms with Crippen molar-refractivity contribution in [3.05, 3.63) is 28.8 Å². The van der Waals surface area contributed by atoms with E-state index in [9.17, 15) is 9.59 Å². The highest BCUT2D eigenvalue weighted by Crippen LogP contribution is 2.25. The number of amides is 1. The number of hydrogen-bond acceptors (Lipinski definition) is 3. The van der Waals surface area contributed by atoms with E-state index in [1.807, 2.05) is 0 Å². The molecule has 0 atom stereocenters. The predicted octanol–water partition coefficient (Wildman–Crippen LogP) is 2.66. The zero-order valence-electron chi connectivity index (χ0n) is 9.90. The van der Waals surface area contributed by atoms with Crippen LogP contribution in [0.1, 0.15) is 23.2 Å². The molecule has 1 aromatic carbocycles. The molecule has 0 fully saturated rings. The maximum Gasteiger partial charge on any atom is 0.337 e. The average molecular weight is 288 g/mol. The van der Waals surface area contributed by atoms with Gasteiger partial charge in [-0.1, -0.05) is 11.6 Å². The van der Waals surface area contributed by atoms with Crippen LogP contribution in [0.4, 0.5) is 0 Å². The third-order valence-corrected chi connectivity index (χ3v) is 3.67. The number of nitrogens with one attached hydrogen (secondary N) is 1. The normalized spacial score (nSPS) is 10.1. The second-order valence-corrected chi connectivity index (χ2v) is 5.15. The van der Waals surface area contributed by atoms with Crippen molar-refractivity contribution in [2.45, 2.75) is 17.7 Å². The molecule has 18 heavy (non-hydrogen) atoms. The molecule has 1 rings (SSSR count). The van der Waals surface area contributed by atoms with Gasteiger partial charge in [0.25, 0.3) is 0 Å². The van der Waals surface area contributed by atoms with E-state index in [0.717, 1.165) is 17.1 Å². The highest BCUT2D eigenvalue weighted by molar-refractivity contribution is 7.99. The molecule has 1 aromatic rings. The van der Waals surface area contributed by atoms with Crippen molar-refractivity contribution in [3.63, 3.8) is 0 Å². The lowest BCUT2D eigenvalue weighted by Crippen LogP contribution is -2.17. The smallest absolute Gasteiger partial charge is 0.337 e. The maximum absolute atomic E-state index is 11.0. The van der Waals surface area contributed by atoms with E-state index in [1.165, 1.54) is 11.8 Å². The van der Waals surface area contributed by atoms with Gasteiger partial charge in [-0.05, 0) is 30.4 Å². The van der Waals surface area contributed by atoms with Gasteiger partial charge in [0.1, 0.15) is 0 Å². The number of rotatable bonds is 6. The molecule has 0 radical (unpaired) electrons. The summed E-state index contributed by atoms with van der Waals surface area (Å²) >= 11 is 7.28. The van der Waals surface area contributed by atoms with Gasteiger partial charge in [-0.15, -0.1) is 11.8 Å². The highest BCUT2D eigenvalue weighted by atomic mass is 35.5. The molecule has 0 saturated carbocycles. The lowest BCUT2D eigenvalue weighted by Gasteiger charge is -2.04. The Hall–Kier alpha value is -1.20. The summed E-state index contributed by atoms with van der Waals surface area (Å²) in [5, 5.41) is 11.7. The Kier molecular flexibility index (Phi) is 6.01. The number of carboxylic acids is 1. The van der Waals surface area contributed by atoms with Crippen LogP contribution < -0.4 is 5.32 Å². The first-order valence-electron chi connectivity index (χ1n) is 5.41. The van der Waals surface area contributed by atoms with Crippen molar-refractivity contribution in [2.75, 3.05) is 12.8 Å². The van der Waals surface area contributed by atoms with Crippen molar-refractivity contribution < 1.29 is 14.7 Å². The van der Waals surface area contributed by atoms with Crippen LogP contribution in [-0.2, 0) is 4.79 Å². The second kappa shape index (κ2) is 7.28. The molecule has 0 heterocycles. The number of aromatic carboxylic acids is 1. The fourth-order valence-corrected chi connectivity index (χ4v) is 2.39. The van der Waals surface area contributed by atoms with E-state index in [2.05, 4.69) is 5.32 Å². The first-order chi connectivity index (χ1) is 8.54. The van der Waals surface area contributed by atoms with E-state index in [1.54, 1.807) is 25.2 Å². The Bertz CT molecular complexity index is 451. The van der Waals surface area contributed by atoms with E-state index in [0.29, 0.717) is 6.42 Å². The Balaban J connectivity index is 2.50. The third kappa shape index (κ3) is 4.58. The molecule has 0 saturated heterocycles. The molecule has 0 aliphatic carbocycles. The number of thioether (sulfide) groups is 1. The Labute approximate surface area is 115 Å². The fourth-order valence-electron chi connectivity index (χ4n) is 1.31. The second-order valence-electron chi connectivity index (χ2n) is 3.57. The minimum Gasteiger partial charge on any atom is -0.478 e. The number of hydrogen-bond donors (Lipinski definition) is 2. The first-order valence-corrected chi connectivity index (χ1v) is 6.77. The van der Waals surface area contributed by atoms with Gasteiger partial charge in [-0.25, -0.2) is 4.79 Å². The molecule has 6 heteroatoms. The quantitative estimate of drug-likeness (QED) is 0.623. The van der Waals surface area contributed by atoms with Crippen LogP contribution in [0.25, 0.3) is 0 Å². The van der Waals surface area contributed by atoms with Gasteiger partial charge in [0.15, 0.2) is 0 Å². The highest BCUT2D eigenvalue weighted by Gasteiger charge is 2.09. The Morgan fingerprint density at radius 2 is 2.17 bits per heavy atom. The molecule has 4 nitrogen and oxygen atoms in total. The zero-order chi connectivity index (χ0) is 13.5. The number of carboxylic acid groups (broad SMARTS) is 1. The molecule has 0 unspecified atom stereocenters. The van der Waals surface area contributed by atoms with Gasteiger partial charge in [-0.3, -0.25) is 4.79 Å². The lowest BCUT2D eigenvalue weighted by molar-refractivity contribution is -0.120. The van der Waals surface area contributed by atoms with Crippen LogP contribution in [0.2, 0.25) is 5.02 Å². The molecule has 0 bridgehead atoms. The van der Waals surface area contributed by atoms with Crippen LogP contribution in [0.3, 0.4) is 0 Å². The molecule has 98 valence electrons. The number of carbonyl (C=O) groups is 2. The molecule has 1 amide bonds. The van der Waals surface area contributed by atoms with Crippen LogP contribution in [0.15, 0.2) is 23.1 Å². The molecule has 2 N–H and O–H groups in total. The summed E-state index contributed by atoms with van der Waals surface area (Å²) < 4.78 is 0. The predicted molar refractivity (Wildman–Crippen MR) is 72.4 cm³/mol. The van der Waals surface area contributed by atoms with Crippen molar-refractivity contribution >= 4 is 35.2 Å². The van der Waals surface area contributed by atoms with Gasteiger partial charge in [0.05, 0.1) is 10.6 Å². The molecular formula is C12H14ClNO3S. The standard InChI is InChI=1S/C12H14ClNO3S/c1-14-11(15)3-2-6-18-8-4-5-10(13)9(7-8)12(16)17/h4-5,7H,2-3,6H2,1H3,(H,14,15)(H,16,17). The van der Waals surface area contributed by atoms with Crippen LogP contribution in [-0.4, -0.2) is 29.8 Å². The van der Waals surface area contributed by atoms with Crippen molar-refractivity contribution in [2.24, 2.45) is 0 Å². The summed E-state index contributed by atoms with van der Waals surface area (Å²) in [6.07, 6.45) is 1.22. The zero-order valence-corrected chi connectivity index (χ0v) is 11.5. The topological polar surface area (TPSA) is 66.4 Å². The van der Waals surface area contributed by atoms with E-state index >= 15 is 0 Å². The van der Waals surface area contributed by atoms with Gasteiger partial charge in [-0.2, -0.15) is 0 Å². The van der Waals surface area contributed by atoms with Crippen LogP contribution in [0, 0.1) is 0 Å². The van der Waals surface area contributed by atoms with E-state index in [4.69, 9.17) is 16.7 Å². The van der Waals surface area contributed by atoms with Crippen LogP contribution in [0.5, 0.6) is 0 Å². The SMILES string of the molecule is CNC(=O)CCCSc1ccc(Cl)c(C(=O)O)c1. The minimum atomic E-state index is -1.03. The van der Waals surface area contributed by atoms with Gasteiger partial charge < -0.3 is 10.4 Å². The lowest BCUT2D eigenvalue weighted by atomic mass is 10.2. The van der Waals surface area contributed by atoms with Gasteiger partial charge in [0.2, 0.25) is 5.91 Å². The van der Waals surface area contributed by atoms with Gasteiger partial charge in [0, 0.05) is 18.4 Å². The first kappa shape index (κ1) is 14.9. The number of halogens is 1. The monoisotopic (exact) mass is 287 g/mol. The summed E-state index contributed by atoms with van der Waals surface area (Å²) in [5.74, 6) is -0.264. The van der Waals surface area contributed by atoms with E-state index < -0.39 is 5.97 Å². The Morgan fingerprint density at radius 3 is 2.78 bits per heavy atom. The van der Waals surface area contributed by atoms with E-state index in [-0.39, 0.29) is 16.5 Å².